The van der Waals surface area contributed by atoms with Crippen molar-refractivity contribution in [2.75, 3.05) is 11.9 Å². The smallest absolute Gasteiger partial charge is 0.435 e. The second-order valence-electron chi connectivity index (χ2n) is 8.52. The van der Waals surface area contributed by atoms with E-state index in [2.05, 4.69) is 20.6 Å². The molecular weight excluding hydrogens is 577 g/mol. The highest BCUT2D eigenvalue weighted by atomic mass is 19.4. The summed E-state index contributed by atoms with van der Waals surface area (Å²) in [7, 11) is 0. The second kappa shape index (κ2) is 11.8. The standard InChI is InChI=1S/C26H19F7N6O3/c1-2-11-35-23(40)20-19(8-5-12-34-20)42-18-10-9-14(13-16(18)27)36-24(41)21-22(26(31,32)33)39(38-37-21)17-7-4-3-6-15(17)25(28,29)30/h3-10,12-13H,2,11H2,1H3,(H,35,40)(H,36,41). The largest absolute Gasteiger partial charge is 0.452 e. The van der Waals surface area contributed by atoms with Crippen LogP contribution in [0, 0.1) is 5.82 Å². The maximum Gasteiger partial charge on any atom is 0.435 e. The summed E-state index contributed by atoms with van der Waals surface area (Å²) in [6.07, 6.45) is -8.41. The summed E-state index contributed by atoms with van der Waals surface area (Å²) in [5, 5.41) is 11.0. The average Bonchev–Trinajstić information content (AvgIpc) is 3.39. The maximum atomic E-state index is 14.9. The highest BCUT2D eigenvalue weighted by Gasteiger charge is 2.44. The number of carbonyl (C=O) groups is 2. The first-order chi connectivity index (χ1) is 19.8. The van der Waals surface area contributed by atoms with Crippen molar-refractivity contribution in [2.45, 2.75) is 25.7 Å². The number of aromatic nitrogens is 4. The minimum atomic E-state index is -5.36. The first-order valence-corrected chi connectivity index (χ1v) is 12.0. The molecule has 0 spiro atoms. The molecule has 0 atom stereocenters. The SMILES string of the molecule is CCCNC(=O)c1ncccc1Oc1ccc(NC(=O)c2nnn(-c3ccccc3C(F)(F)F)c2C(F)(F)F)cc1F. The van der Waals surface area contributed by atoms with Gasteiger partial charge in [-0.15, -0.1) is 5.10 Å². The Kier molecular flexibility index (Phi) is 8.44. The number of hydrogen-bond donors (Lipinski definition) is 2. The van der Waals surface area contributed by atoms with E-state index in [1.807, 2.05) is 12.2 Å². The predicted octanol–water partition coefficient (Wildman–Crippen LogP) is 6.02. The van der Waals surface area contributed by atoms with Crippen LogP contribution in [0.4, 0.5) is 36.4 Å². The van der Waals surface area contributed by atoms with Crippen LogP contribution in [0.5, 0.6) is 11.5 Å². The maximum absolute atomic E-state index is 14.9. The fourth-order valence-corrected chi connectivity index (χ4v) is 3.69. The Hall–Kier alpha value is -5.02. The molecule has 0 aliphatic rings. The minimum absolute atomic E-state index is 0.0904. The molecule has 0 saturated heterocycles. The van der Waals surface area contributed by atoms with Crippen LogP contribution in [0.2, 0.25) is 0 Å². The molecule has 0 bridgehead atoms. The molecule has 4 rings (SSSR count). The van der Waals surface area contributed by atoms with Gasteiger partial charge in [-0.2, -0.15) is 26.3 Å². The quantitative estimate of drug-likeness (QED) is 0.241. The van der Waals surface area contributed by atoms with Gasteiger partial charge in [0.05, 0.1) is 11.3 Å². The first-order valence-electron chi connectivity index (χ1n) is 12.0. The molecule has 2 aromatic heterocycles. The lowest BCUT2D eigenvalue weighted by Gasteiger charge is -2.15. The molecule has 0 unspecified atom stereocenters. The number of pyridine rings is 1. The lowest BCUT2D eigenvalue weighted by atomic mass is 10.1. The Morgan fingerprint density at radius 2 is 1.64 bits per heavy atom. The molecule has 0 aliphatic heterocycles. The van der Waals surface area contributed by atoms with Crippen LogP contribution in [-0.4, -0.2) is 38.3 Å². The monoisotopic (exact) mass is 596 g/mol. The van der Waals surface area contributed by atoms with E-state index in [1.54, 1.807) is 0 Å². The molecule has 0 aliphatic carbocycles. The van der Waals surface area contributed by atoms with Crippen molar-refractivity contribution in [1.29, 1.82) is 0 Å². The van der Waals surface area contributed by atoms with Gasteiger partial charge in [-0.05, 0) is 42.8 Å². The van der Waals surface area contributed by atoms with Crippen molar-refractivity contribution in [1.82, 2.24) is 25.3 Å². The summed E-state index contributed by atoms with van der Waals surface area (Å²) in [5.74, 6) is -3.66. The van der Waals surface area contributed by atoms with Crippen LogP contribution in [0.15, 0.2) is 60.8 Å². The number of hydrogen-bond acceptors (Lipinski definition) is 6. The Morgan fingerprint density at radius 1 is 0.905 bits per heavy atom. The van der Waals surface area contributed by atoms with Gasteiger partial charge in [0.1, 0.15) is 0 Å². The third-order valence-electron chi connectivity index (χ3n) is 5.52. The number of benzene rings is 2. The van der Waals surface area contributed by atoms with E-state index in [0.717, 1.165) is 36.4 Å². The Balaban J connectivity index is 1.61. The fourth-order valence-electron chi connectivity index (χ4n) is 3.69. The normalized spacial score (nSPS) is 11.7. The Labute approximate surface area is 232 Å². The number of ether oxygens (including phenoxy) is 1. The van der Waals surface area contributed by atoms with Crippen LogP contribution in [0.1, 0.15) is 45.6 Å². The number of amides is 2. The number of nitrogens with zero attached hydrogens (tertiary/aromatic N) is 4. The first kappa shape index (κ1) is 30.0. The van der Waals surface area contributed by atoms with E-state index in [0.29, 0.717) is 19.0 Å². The lowest BCUT2D eigenvalue weighted by molar-refractivity contribution is -0.145. The van der Waals surface area contributed by atoms with Crippen LogP contribution >= 0.6 is 0 Å². The van der Waals surface area contributed by atoms with Crippen molar-refractivity contribution < 1.29 is 45.1 Å². The van der Waals surface area contributed by atoms with Gasteiger partial charge in [-0.1, -0.05) is 24.3 Å². The molecule has 4 aromatic rings. The zero-order valence-corrected chi connectivity index (χ0v) is 21.3. The molecule has 2 heterocycles. The number of carbonyl (C=O) groups excluding carboxylic acids is 2. The van der Waals surface area contributed by atoms with E-state index in [4.69, 9.17) is 4.74 Å². The van der Waals surface area contributed by atoms with Crippen molar-refractivity contribution >= 4 is 17.5 Å². The van der Waals surface area contributed by atoms with Gasteiger partial charge in [0.2, 0.25) is 0 Å². The summed E-state index contributed by atoms with van der Waals surface area (Å²) in [5.41, 5.74) is -6.13. The van der Waals surface area contributed by atoms with E-state index >= 15 is 0 Å². The molecule has 0 saturated carbocycles. The van der Waals surface area contributed by atoms with Crippen LogP contribution in [0.25, 0.3) is 5.69 Å². The van der Waals surface area contributed by atoms with Crippen molar-refractivity contribution in [3.05, 3.63) is 89.3 Å². The lowest BCUT2D eigenvalue weighted by Crippen LogP contribution is -2.25. The van der Waals surface area contributed by atoms with Gasteiger partial charge in [-0.25, -0.2) is 14.1 Å². The van der Waals surface area contributed by atoms with E-state index in [9.17, 15) is 40.3 Å². The molecule has 16 heteroatoms. The van der Waals surface area contributed by atoms with Gasteiger partial charge in [0.25, 0.3) is 11.8 Å². The van der Waals surface area contributed by atoms with Gasteiger partial charge < -0.3 is 15.4 Å². The second-order valence-corrected chi connectivity index (χ2v) is 8.52. The highest BCUT2D eigenvalue weighted by Crippen LogP contribution is 2.38. The van der Waals surface area contributed by atoms with Gasteiger partial charge in [-0.3, -0.25) is 9.59 Å². The predicted molar refractivity (Wildman–Crippen MR) is 133 cm³/mol. The Morgan fingerprint density at radius 3 is 2.31 bits per heavy atom. The van der Waals surface area contributed by atoms with Gasteiger partial charge in [0.15, 0.2) is 34.4 Å². The van der Waals surface area contributed by atoms with Crippen LogP contribution < -0.4 is 15.4 Å². The van der Waals surface area contributed by atoms with Crippen molar-refractivity contribution in [3.63, 3.8) is 0 Å². The average molecular weight is 596 g/mol. The zero-order valence-electron chi connectivity index (χ0n) is 21.3. The third kappa shape index (κ3) is 6.47. The Bertz CT molecular complexity index is 1620. The van der Waals surface area contributed by atoms with Crippen LogP contribution in [0.3, 0.4) is 0 Å². The zero-order chi connectivity index (χ0) is 30.7. The topological polar surface area (TPSA) is 111 Å². The number of alkyl halides is 6. The van der Waals surface area contributed by atoms with Crippen LogP contribution in [-0.2, 0) is 12.4 Å². The fraction of sp³-hybridized carbons (Fsp3) is 0.192. The highest BCUT2D eigenvalue weighted by molar-refractivity contribution is 6.03. The third-order valence-corrected chi connectivity index (χ3v) is 5.52. The molecule has 0 fully saturated rings. The summed E-state index contributed by atoms with van der Waals surface area (Å²) >= 11 is 0. The van der Waals surface area contributed by atoms with Crippen molar-refractivity contribution in [3.8, 4) is 17.2 Å². The van der Waals surface area contributed by atoms with E-state index in [1.165, 1.54) is 18.3 Å². The van der Waals surface area contributed by atoms with E-state index < -0.39 is 58.4 Å². The number of nitrogens with one attached hydrogen (secondary N) is 2. The number of halogens is 7. The number of rotatable bonds is 8. The summed E-state index contributed by atoms with van der Waals surface area (Å²) in [6, 6.07) is 8.97. The van der Waals surface area contributed by atoms with Gasteiger partial charge >= 0.3 is 12.4 Å². The van der Waals surface area contributed by atoms with E-state index in [-0.39, 0.29) is 21.8 Å². The molecule has 2 aromatic carbocycles. The molecule has 0 radical (unpaired) electrons. The summed E-state index contributed by atoms with van der Waals surface area (Å²) in [4.78, 5) is 29.0. The minimum Gasteiger partial charge on any atom is -0.452 e. The van der Waals surface area contributed by atoms with Crippen molar-refractivity contribution in [2.24, 2.45) is 0 Å². The molecular formula is C26H19F7N6O3. The molecule has 9 nitrogen and oxygen atoms in total. The molecule has 42 heavy (non-hydrogen) atoms. The van der Waals surface area contributed by atoms with Gasteiger partial charge in [0, 0.05) is 24.5 Å². The number of anilines is 1. The summed E-state index contributed by atoms with van der Waals surface area (Å²) in [6.45, 7) is 2.20. The molecule has 220 valence electrons. The summed E-state index contributed by atoms with van der Waals surface area (Å²) < 4.78 is 102. The molecule has 2 amide bonds. The number of para-hydroxylation sites is 1. The molecule has 2 N–H and O–H groups in total.